The number of aromatic nitrogens is 1. The Balaban J connectivity index is 2.69. The van der Waals surface area contributed by atoms with E-state index in [4.69, 9.17) is 16.3 Å². The van der Waals surface area contributed by atoms with Gasteiger partial charge in [0.2, 0.25) is 0 Å². The normalized spacial score (nSPS) is 12.7. The van der Waals surface area contributed by atoms with Crippen molar-refractivity contribution in [3.8, 4) is 0 Å². The summed E-state index contributed by atoms with van der Waals surface area (Å²) in [6.45, 7) is 3.91. The average Bonchev–Trinajstić information content (AvgIpc) is 2.65. The van der Waals surface area contributed by atoms with Crippen molar-refractivity contribution in [3.05, 3.63) is 40.7 Å². The van der Waals surface area contributed by atoms with E-state index in [0.717, 1.165) is 16.8 Å². The lowest BCUT2D eigenvalue weighted by Crippen LogP contribution is -2.16. The maximum Gasteiger partial charge on any atom is 0.314 e. The van der Waals surface area contributed by atoms with Gasteiger partial charge in [-0.25, -0.2) is 0 Å². The van der Waals surface area contributed by atoms with Gasteiger partial charge in [0.25, 0.3) is 0 Å². The van der Waals surface area contributed by atoms with E-state index in [9.17, 15) is 4.79 Å². The third-order valence-corrected chi connectivity index (χ3v) is 3.76. The maximum atomic E-state index is 11.9. The Morgan fingerprint density at radius 1 is 1.50 bits per heavy atom. The van der Waals surface area contributed by atoms with Gasteiger partial charge < -0.3 is 9.14 Å². The number of nitrogens with zero attached hydrogens (tertiary/aromatic N) is 1. The van der Waals surface area contributed by atoms with E-state index < -0.39 is 0 Å². The molecule has 0 N–H and O–H groups in total. The zero-order valence-corrected chi connectivity index (χ0v) is 11.5. The van der Waals surface area contributed by atoms with E-state index in [1.165, 1.54) is 7.11 Å². The minimum absolute atomic E-state index is 0.222. The molecule has 0 radical (unpaired) electrons. The molecule has 2 rings (SSSR count). The van der Waals surface area contributed by atoms with Crippen molar-refractivity contribution < 1.29 is 9.53 Å². The summed E-state index contributed by atoms with van der Waals surface area (Å²) < 4.78 is 6.85. The summed E-state index contributed by atoms with van der Waals surface area (Å²) >= 11 is 6.32. The van der Waals surface area contributed by atoms with Crippen LogP contribution >= 0.6 is 11.6 Å². The standard InChI is InChI=1S/C14H16ClNO2/c1-4-10(14(17)18-3)13-9(2)12(15)11-7-5-6-8-16(11)13/h5-8,10H,4H2,1-3H3. The van der Waals surface area contributed by atoms with Crippen LogP contribution in [0.3, 0.4) is 0 Å². The van der Waals surface area contributed by atoms with Crippen molar-refractivity contribution in [1.82, 2.24) is 4.40 Å². The fraction of sp³-hybridized carbons (Fsp3) is 0.357. The molecule has 0 fully saturated rings. The highest BCUT2D eigenvalue weighted by Crippen LogP contribution is 2.34. The number of fused-ring (bicyclic) bond motifs is 1. The minimum Gasteiger partial charge on any atom is -0.469 e. The molecule has 0 bridgehead atoms. The molecule has 0 aliphatic rings. The zero-order valence-electron chi connectivity index (χ0n) is 10.7. The number of esters is 1. The van der Waals surface area contributed by atoms with Gasteiger partial charge in [0, 0.05) is 11.9 Å². The molecule has 2 aromatic heterocycles. The lowest BCUT2D eigenvalue weighted by molar-refractivity contribution is -0.142. The molecule has 0 saturated carbocycles. The third-order valence-electron chi connectivity index (χ3n) is 3.28. The van der Waals surface area contributed by atoms with Crippen LogP contribution in [-0.4, -0.2) is 17.5 Å². The quantitative estimate of drug-likeness (QED) is 0.795. The highest BCUT2D eigenvalue weighted by Gasteiger charge is 2.26. The smallest absolute Gasteiger partial charge is 0.314 e. The van der Waals surface area contributed by atoms with Crippen LogP contribution in [0.1, 0.15) is 30.5 Å². The Morgan fingerprint density at radius 3 is 2.83 bits per heavy atom. The summed E-state index contributed by atoms with van der Waals surface area (Å²) in [7, 11) is 1.41. The lowest BCUT2D eigenvalue weighted by Gasteiger charge is -2.14. The highest BCUT2D eigenvalue weighted by molar-refractivity contribution is 6.35. The second kappa shape index (κ2) is 5.02. The third kappa shape index (κ3) is 1.89. The SMILES string of the molecule is CCC(C(=O)OC)c1c(C)c(Cl)c2ccccn12. The number of pyridine rings is 1. The minimum atomic E-state index is -0.280. The van der Waals surface area contributed by atoms with E-state index in [1.54, 1.807) is 0 Å². The molecule has 0 saturated heterocycles. The molecule has 1 unspecified atom stereocenters. The molecule has 0 spiro atoms. The first-order valence-electron chi connectivity index (χ1n) is 5.94. The Hall–Kier alpha value is -1.48. The van der Waals surface area contributed by atoms with Crippen molar-refractivity contribution in [2.75, 3.05) is 7.11 Å². The molecule has 0 amide bonds. The van der Waals surface area contributed by atoms with Crippen LogP contribution in [0.2, 0.25) is 5.02 Å². The number of hydrogen-bond acceptors (Lipinski definition) is 2. The number of carbonyl (C=O) groups is 1. The van der Waals surface area contributed by atoms with Gasteiger partial charge >= 0.3 is 5.97 Å². The largest absolute Gasteiger partial charge is 0.469 e. The van der Waals surface area contributed by atoms with Crippen molar-refractivity contribution in [2.45, 2.75) is 26.2 Å². The fourth-order valence-corrected chi connectivity index (χ4v) is 2.61. The molecular formula is C14H16ClNO2. The lowest BCUT2D eigenvalue weighted by atomic mass is 10.00. The topological polar surface area (TPSA) is 30.7 Å². The van der Waals surface area contributed by atoms with E-state index in [1.807, 2.05) is 42.6 Å². The summed E-state index contributed by atoms with van der Waals surface area (Å²) in [5, 5.41) is 0.702. The molecule has 0 aliphatic carbocycles. The van der Waals surface area contributed by atoms with Gasteiger partial charge in [0.05, 0.1) is 23.6 Å². The van der Waals surface area contributed by atoms with Crippen LogP contribution in [0.4, 0.5) is 0 Å². The fourth-order valence-electron chi connectivity index (χ4n) is 2.36. The Morgan fingerprint density at radius 2 is 2.22 bits per heavy atom. The molecule has 2 aromatic rings. The van der Waals surface area contributed by atoms with Gasteiger partial charge in [-0.1, -0.05) is 24.6 Å². The van der Waals surface area contributed by atoms with Crippen LogP contribution in [0.15, 0.2) is 24.4 Å². The summed E-state index contributed by atoms with van der Waals surface area (Å²) in [6.07, 6.45) is 2.61. The van der Waals surface area contributed by atoms with E-state index in [0.29, 0.717) is 11.4 Å². The van der Waals surface area contributed by atoms with Crippen LogP contribution in [0, 0.1) is 6.92 Å². The van der Waals surface area contributed by atoms with Crippen molar-refractivity contribution in [2.24, 2.45) is 0 Å². The zero-order chi connectivity index (χ0) is 13.3. The van der Waals surface area contributed by atoms with Crippen molar-refractivity contribution in [1.29, 1.82) is 0 Å². The first-order valence-corrected chi connectivity index (χ1v) is 6.32. The van der Waals surface area contributed by atoms with Crippen molar-refractivity contribution in [3.63, 3.8) is 0 Å². The summed E-state index contributed by atoms with van der Waals surface area (Å²) in [5.41, 5.74) is 2.79. The number of carbonyl (C=O) groups excluding carboxylic acids is 1. The van der Waals surface area contributed by atoms with Gasteiger partial charge in [0.1, 0.15) is 0 Å². The van der Waals surface area contributed by atoms with Crippen LogP contribution in [0.25, 0.3) is 5.52 Å². The molecule has 4 heteroatoms. The van der Waals surface area contributed by atoms with E-state index in [-0.39, 0.29) is 11.9 Å². The molecule has 0 aromatic carbocycles. The number of ether oxygens (including phenoxy) is 1. The van der Waals surface area contributed by atoms with E-state index in [2.05, 4.69) is 0 Å². The van der Waals surface area contributed by atoms with Crippen LogP contribution < -0.4 is 0 Å². The first kappa shape index (κ1) is 13.0. The van der Waals surface area contributed by atoms with Crippen LogP contribution in [0.5, 0.6) is 0 Å². The van der Waals surface area contributed by atoms with Gasteiger partial charge in [-0.15, -0.1) is 0 Å². The molecule has 0 aliphatic heterocycles. The number of hydrogen-bond donors (Lipinski definition) is 0. The Labute approximate surface area is 111 Å². The second-order valence-electron chi connectivity index (χ2n) is 4.26. The monoisotopic (exact) mass is 265 g/mol. The van der Waals surface area contributed by atoms with Gasteiger partial charge in [-0.2, -0.15) is 0 Å². The highest BCUT2D eigenvalue weighted by atomic mass is 35.5. The average molecular weight is 266 g/mol. The predicted molar refractivity (Wildman–Crippen MR) is 72.2 cm³/mol. The summed E-state index contributed by atoms with van der Waals surface area (Å²) in [4.78, 5) is 11.9. The number of methoxy groups -OCH3 is 1. The van der Waals surface area contributed by atoms with Crippen molar-refractivity contribution >= 4 is 23.1 Å². The number of rotatable bonds is 3. The Kier molecular flexibility index (Phi) is 3.62. The van der Waals surface area contributed by atoms with Gasteiger partial charge in [0.15, 0.2) is 0 Å². The van der Waals surface area contributed by atoms with Gasteiger partial charge in [-0.3, -0.25) is 4.79 Å². The molecule has 18 heavy (non-hydrogen) atoms. The van der Waals surface area contributed by atoms with E-state index >= 15 is 0 Å². The first-order chi connectivity index (χ1) is 8.61. The summed E-state index contributed by atoms with van der Waals surface area (Å²) in [6, 6.07) is 5.81. The molecular weight excluding hydrogens is 250 g/mol. The molecule has 96 valence electrons. The number of halogens is 1. The van der Waals surface area contributed by atoms with Gasteiger partial charge in [-0.05, 0) is 31.0 Å². The van der Waals surface area contributed by atoms with Crippen LogP contribution in [-0.2, 0) is 9.53 Å². The molecule has 3 nitrogen and oxygen atoms in total. The Bertz CT molecular complexity index is 589. The molecule has 2 heterocycles. The second-order valence-corrected chi connectivity index (χ2v) is 4.64. The summed E-state index contributed by atoms with van der Waals surface area (Å²) in [5.74, 6) is -0.502. The maximum absolute atomic E-state index is 11.9. The predicted octanol–water partition coefficient (Wildman–Crippen LogP) is 3.57. The molecule has 1 atom stereocenters.